The molecule has 2 atom stereocenters. The van der Waals surface area contributed by atoms with Crippen LogP contribution in [0.4, 0.5) is 0 Å². The van der Waals surface area contributed by atoms with Crippen molar-refractivity contribution in [2.24, 2.45) is 5.92 Å². The highest BCUT2D eigenvalue weighted by atomic mass is 32.2. The topological polar surface area (TPSA) is 15.3 Å². The van der Waals surface area contributed by atoms with Crippen LogP contribution in [0.25, 0.3) is 0 Å². The summed E-state index contributed by atoms with van der Waals surface area (Å²) in [5.74, 6) is 2.38. The molecule has 2 nitrogen and oxygen atoms in total. The van der Waals surface area contributed by atoms with E-state index in [9.17, 15) is 0 Å². The second kappa shape index (κ2) is 5.10. The van der Waals surface area contributed by atoms with Gasteiger partial charge in [-0.05, 0) is 63.8 Å². The van der Waals surface area contributed by atoms with Crippen molar-refractivity contribution in [3.8, 4) is 0 Å². The van der Waals surface area contributed by atoms with Gasteiger partial charge in [-0.3, -0.25) is 0 Å². The van der Waals surface area contributed by atoms with E-state index in [0.717, 1.165) is 12.0 Å². The Bertz CT molecular complexity index is 259. The van der Waals surface area contributed by atoms with Crippen LogP contribution in [-0.2, 0) is 0 Å². The van der Waals surface area contributed by atoms with Crippen LogP contribution in [-0.4, -0.2) is 47.6 Å². The van der Waals surface area contributed by atoms with Gasteiger partial charge in [0.15, 0.2) is 0 Å². The summed E-state index contributed by atoms with van der Waals surface area (Å²) in [6.45, 7) is 7.66. The number of hydrogen-bond donors (Lipinski definition) is 1. The first kappa shape index (κ1) is 12.3. The van der Waals surface area contributed by atoms with Crippen molar-refractivity contribution < 1.29 is 0 Å². The number of nitrogens with zero attached hydrogens (tertiary/aromatic N) is 1. The van der Waals surface area contributed by atoms with Gasteiger partial charge in [0.2, 0.25) is 0 Å². The zero-order chi connectivity index (χ0) is 11.7. The van der Waals surface area contributed by atoms with Crippen molar-refractivity contribution in [1.29, 1.82) is 0 Å². The molecule has 2 unspecified atom stereocenters. The smallest absolute Gasteiger partial charge is 0.0259 e. The molecule has 0 aromatic heterocycles. The van der Waals surface area contributed by atoms with Gasteiger partial charge in [-0.25, -0.2) is 0 Å². The van der Waals surface area contributed by atoms with E-state index in [1.54, 1.807) is 0 Å². The molecule has 0 spiro atoms. The molecule has 1 aliphatic carbocycles. The van der Waals surface area contributed by atoms with Crippen LogP contribution in [0.5, 0.6) is 0 Å². The predicted octanol–water partition coefficient (Wildman–Crippen LogP) is 2.35. The first-order valence-corrected chi connectivity index (χ1v) is 8.33. The molecule has 17 heavy (non-hydrogen) atoms. The molecule has 0 bridgehead atoms. The van der Waals surface area contributed by atoms with Crippen LogP contribution in [0.3, 0.4) is 0 Å². The number of thioether (sulfide) groups is 1. The lowest BCUT2D eigenvalue weighted by molar-refractivity contribution is 0.236. The van der Waals surface area contributed by atoms with E-state index in [1.165, 1.54) is 64.0 Å². The second-order valence-corrected chi connectivity index (χ2v) is 8.07. The lowest BCUT2D eigenvalue weighted by Gasteiger charge is -2.32. The second-order valence-electron chi connectivity index (χ2n) is 6.39. The Balaban J connectivity index is 1.57. The van der Waals surface area contributed by atoms with Crippen molar-refractivity contribution in [2.75, 3.05) is 31.9 Å². The fourth-order valence-electron chi connectivity index (χ4n) is 3.42. The Morgan fingerprint density at radius 2 is 2.24 bits per heavy atom. The van der Waals surface area contributed by atoms with E-state index in [-0.39, 0.29) is 0 Å². The Morgan fingerprint density at radius 1 is 1.35 bits per heavy atom. The molecule has 2 heterocycles. The van der Waals surface area contributed by atoms with Gasteiger partial charge in [0.1, 0.15) is 0 Å². The number of hydrogen-bond acceptors (Lipinski definition) is 3. The Kier molecular flexibility index (Phi) is 3.69. The standard InChI is InChI=1S/C14H26N2S/c1-14(6-2-9-17-14)11-16-8-3-7-15-13(10-16)12-4-5-12/h12-13,15H,2-11H2,1H3. The van der Waals surface area contributed by atoms with Crippen molar-refractivity contribution in [3.05, 3.63) is 0 Å². The van der Waals surface area contributed by atoms with Crippen LogP contribution in [0.15, 0.2) is 0 Å². The van der Waals surface area contributed by atoms with Gasteiger partial charge in [-0.2, -0.15) is 11.8 Å². The van der Waals surface area contributed by atoms with Crippen molar-refractivity contribution in [3.63, 3.8) is 0 Å². The first-order valence-electron chi connectivity index (χ1n) is 7.35. The van der Waals surface area contributed by atoms with Crippen molar-refractivity contribution in [2.45, 2.75) is 49.8 Å². The molecular weight excluding hydrogens is 228 g/mol. The molecule has 98 valence electrons. The molecule has 1 N–H and O–H groups in total. The minimum absolute atomic E-state index is 0.554. The van der Waals surface area contributed by atoms with E-state index < -0.39 is 0 Å². The van der Waals surface area contributed by atoms with Crippen LogP contribution in [0, 0.1) is 5.92 Å². The number of rotatable bonds is 3. The molecule has 3 rings (SSSR count). The van der Waals surface area contributed by atoms with E-state index in [1.807, 2.05) is 0 Å². The monoisotopic (exact) mass is 254 g/mol. The van der Waals surface area contributed by atoms with E-state index in [0.29, 0.717) is 4.75 Å². The van der Waals surface area contributed by atoms with Gasteiger partial charge in [0.25, 0.3) is 0 Å². The fourth-order valence-corrected chi connectivity index (χ4v) is 4.76. The third-order valence-electron chi connectivity index (χ3n) is 4.56. The highest BCUT2D eigenvalue weighted by Gasteiger charge is 2.36. The highest BCUT2D eigenvalue weighted by molar-refractivity contribution is 8.00. The predicted molar refractivity (Wildman–Crippen MR) is 75.7 cm³/mol. The van der Waals surface area contributed by atoms with Crippen LogP contribution >= 0.6 is 11.8 Å². The molecule has 0 aromatic rings. The SMILES string of the molecule is CC1(CN2CCCNC(C3CC3)C2)CCCS1. The molecule has 2 aliphatic heterocycles. The maximum absolute atomic E-state index is 3.76. The molecule has 3 heteroatoms. The normalized spacial score (nSPS) is 40.4. The summed E-state index contributed by atoms with van der Waals surface area (Å²) in [4.78, 5) is 2.75. The minimum atomic E-state index is 0.554. The highest BCUT2D eigenvalue weighted by Crippen LogP contribution is 2.39. The van der Waals surface area contributed by atoms with Crippen LogP contribution < -0.4 is 5.32 Å². The summed E-state index contributed by atoms with van der Waals surface area (Å²) in [7, 11) is 0. The van der Waals surface area contributed by atoms with Crippen molar-refractivity contribution in [1.82, 2.24) is 10.2 Å². The summed E-state index contributed by atoms with van der Waals surface area (Å²) in [6, 6.07) is 0.799. The summed E-state index contributed by atoms with van der Waals surface area (Å²) in [6.07, 6.45) is 7.13. The Hall–Kier alpha value is 0.270. The third kappa shape index (κ3) is 3.18. The lowest BCUT2D eigenvalue weighted by Crippen LogP contribution is -2.43. The van der Waals surface area contributed by atoms with Crippen LogP contribution in [0.1, 0.15) is 39.0 Å². The number of nitrogens with one attached hydrogen (secondary N) is 1. The minimum Gasteiger partial charge on any atom is -0.312 e. The van der Waals surface area contributed by atoms with Gasteiger partial charge >= 0.3 is 0 Å². The first-order chi connectivity index (χ1) is 8.25. The summed E-state index contributed by atoms with van der Waals surface area (Å²) in [5, 5.41) is 3.76. The summed E-state index contributed by atoms with van der Waals surface area (Å²) < 4.78 is 0.554. The summed E-state index contributed by atoms with van der Waals surface area (Å²) >= 11 is 2.21. The molecule has 2 saturated heterocycles. The molecule has 3 fully saturated rings. The molecular formula is C14H26N2S. The Labute approximate surface area is 110 Å². The lowest BCUT2D eigenvalue weighted by atomic mass is 10.0. The van der Waals surface area contributed by atoms with E-state index in [4.69, 9.17) is 0 Å². The maximum atomic E-state index is 3.76. The Morgan fingerprint density at radius 3 is 2.94 bits per heavy atom. The largest absolute Gasteiger partial charge is 0.312 e. The van der Waals surface area contributed by atoms with Crippen LogP contribution in [0.2, 0.25) is 0 Å². The van der Waals surface area contributed by atoms with E-state index >= 15 is 0 Å². The average Bonchev–Trinajstić information content (AvgIpc) is 3.07. The quantitative estimate of drug-likeness (QED) is 0.832. The van der Waals surface area contributed by atoms with Gasteiger partial charge in [0.05, 0.1) is 0 Å². The van der Waals surface area contributed by atoms with Gasteiger partial charge in [-0.1, -0.05) is 0 Å². The zero-order valence-corrected chi connectivity index (χ0v) is 11.9. The molecule has 1 saturated carbocycles. The molecule has 0 radical (unpaired) electrons. The molecule has 0 aromatic carbocycles. The van der Waals surface area contributed by atoms with Gasteiger partial charge in [0, 0.05) is 23.9 Å². The average molecular weight is 254 g/mol. The molecule has 3 aliphatic rings. The van der Waals surface area contributed by atoms with E-state index in [2.05, 4.69) is 28.9 Å². The maximum Gasteiger partial charge on any atom is 0.0259 e. The third-order valence-corrected chi connectivity index (χ3v) is 6.09. The summed E-state index contributed by atoms with van der Waals surface area (Å²) in [5.41, 5.74) is 0. The van der Waals surface area contributed by atoms with Gasteiger partial charge < -0.3 is 10.2 Å². The molecule has 0 amide bonds. The fraction of sp³-hybridized carbons (Fsp3) is 1.00. The van der Waals surface area contributed by atoms with Gasteiger partial charge in [-0.15, -0.1) is 0 Å². The van der Waals surface area contributed by atoms with Crippen molar-refractivity contribution >= 4 is 11.8 Å². The zero-order valence-electron chi connectivity index (χ0n) is 11.1.